The van der Waals surface area contributed by atoms with Gasteiger partial charge in [-0.15, -0.1) is 0 Å². The standard InChI is InChI=1S/C23H25NO6S/c1-23(11-12-31(27,28)16-23)24-21(25)15-30-22(26)20(18-8-4-3-5-9-18)14-17-7-6-10-19(13-17)29-2/h3-10,13-14H,11-12,15-16H2,1-2H3,(H,24,25). The van der Waals surface area contributed by atoms with Gasteiger partial charge in [-0.2, -0.15) is 0 Å². The van der Waals surface area contributed by atoms with Crippen molar-refractivity contribution in [1.29, 1.82) is 0 Å². The lowest BCUT2D eigenvalue weighted by Gasteiger charge is -2.23. The van der Waals surface area contributed by atoms with Crippen molar-refractivity contribution in [3.05, 3.63) is 65.7 Å². The summed E-state index contributed by atoms with van der Waals surface area (Å²) in [5.74, 6) is -0.640. The molecule has 7 nitrogen and oxygen atoms in total. The van der Waals surface area contributed by atoms with Gasteiger partial charge in [-0.3, -0.25) is 4.79 Å². The molecule has 1 N–H and O–H groups in total. The summed E-state index contributed by atoms with van der Waals surface area (Å²) in [5, 5.41) is 2.68. The SMILES string of the molecule is COc1cccc(C=C(C(=O)OCC(=O)NC2(C)CCS(=O)(=O)C2)c2ccccc2)c1. The fraction of sp³-hybridized carbons (Fsp3) is 0.304. The Morgan fingerprint density at radius 3 is 2.52 bits per heavy atom. The van der Waals surface area contributed by atoms with Crippen LogP contribution in [0.2, 0.25) is 0 Å². The molecule has 0 aliphatic carbocycles. The molecular weight excluding hydrogens is 418 g/mol. The van der Waals surface area contributed by atoms with E-state index in [4.69, 9.17) is 9.47 Å². The first kappa shape index (κ1) is 22.6. The van der Waals surface area contributed by atoms with E-state index in [0.717, 1.165) is 5.56 Å². The number of benzene rings is 2. The normalized spacial score (nSPS) is 20.1. The number of hydrogen-bond acceptors (Lipinski definition) is 6. The van der Waals surface area contributed by atoms with Gasteiger partial charge in [0.05, 0.1) is 29.7 Å². The minimum Gasteiger partial charge on any atom is -0.497 e. The van der Waals surface area contributed by atoms with Gasteiger partial charge in [-0.25, -0.2) is 13.2 Å². The highest BCUT2D eigenvalue weighted by atomic mass is 32.2. The maximum atomic E-state index is 12.8. The molecule has 1 amide bonds. The fourth-order valence-electron chi connectivity index (χ4n) is 3.47. The molecule has 1 aliphatic rings. The third-order valence-electron chi connectivity index (χ3n) is 4.99. The summed E-state index contributed by atoms with van der Waals surface area (Å²) in [4.78, 5) is 25.1. The summed E-state index contributed by atoms with van der Waals surface area (Å²) in [6, 6.07) is 16.2. The van der Waals surface area contributed by atoms with E-state index in [0.29, 0.717) is 17.7 Å². The highest BCUT2D eigenvalue weighted by molar-refractivity contribution is 7.91. The molecule has 1 heterocycles. The molecule has 0 aromatic heterocycles. The molecule has 3 rings (SSSR count). The van der Waals surface area contributed by atoms with Crippen molar-refractivity contribution in [2.45, 2.75) is 18.9 Å². The van der Waals surface area contributed by atoms with Crippen LogP contribution in [-0.2, 0) is 24.2 Å². The van der Waals surface area contributed by atoms with Gasteiger partial charge in [0.15, 0.2) is 16.4 Å². The van der Waals surface area contributed by atoms with Gasteiger partial charge < -0.3 is 14.8 Å². The van der Waals surface area contributed by atoms with E-state index >= 15 is 0 Å². The maximum absolute atomic E-state index is 12.8. The second kappa shape index (κ2) is 9.34. The number of methoxy groups -OCH3 is 1. The number of sulfone groups is 1. The molecule has 164 valence electrons. The van der Waals surface area contributed by atoms with Gasteiger partial charge in [-0.05, 0) is 42.7 Å². The Kier molecular flexibility index (Phi) is 6.80. The number of esters is 1. The molecule has 1 fully saturated rings. The molecule has 0 bridgehead atoms. The molecule has 1 saturated heterocycles. The van der Waals surface area contributed by atoms with Gasteiger partial charge in [0, 0.05) is 0 Å². The Bertz CT molecular complexity index is 1090. The average molecular weight is 444 g/mol. The van der Waals surface area contributed by atoms with E-state index in [1.807, 2.05) is 18.2 Å². The van der Waals surface area contributed by atoms with E-state index in [1.165, 1.54) is 0 Å². The lowest BCUT2D eigenvalue weighted by Crippen LogP contribution is -2.48. The second-order valence-electron chi connectivity index (χ2n) is 7.73. The van der Waals surface area contributed by atoms with Crippen molar-refractivity contribution in [1.82, 2.24) is 5.32 Å². The topological polar surface area (TPSA) is 98.8 Å². The zero-order chi connectivity index (χ0) is 22.5. The third-order valence-corrected chi connectivity index (χ3v) is 6.89. The van der Waals surface area contributed by atoms with Gasteiger partial charge in [-0.1, -0.05) is 42.5 Å². The predicted octanol–water partition coefficient (Wildman–Crippen LogP) is 2.47. The number of carbonyl (C=O) groups excluding carboxylic acids is 2. The average Bonchev–Trinajstić information content (AvgIpc) is 3.03. The van der Waals surface area contributed by atoms with Gasteiger partial charge in [0.2, 0.25) is 0 Å². The first-order chi connectivity index (χ1) is 14.7. The van der Waals surface area contributed by atoms with Crippen LogP contribution in [0.4, 0.5) is 0 Å². The van der Waals surface area contributed by atoms with E-state index < -0.39 is 33.9 Å². The lowest BCUT2D eigenvalue weighted by molar-refractivity contribution is -0.143. The monoisotopic (exact) mass is 443 g/mol. The number of hydrogen-bond donors (Lipinski definition) is 1. The van der Waals surface area contributed by atoms with Crippen molar-refractivity contribution >= 4 is 33.4 Å². The van der Waals surface area contributed by atoms with Crippen molar-refractivity contribution in [2.75, 3.05) is 25.2 Å². The molecule has 31 heavy (non-hydrogen) atoms. The van der Waals surface area contributed by atoms with Crippen LogP contribution in [0.25, 0.3) is 11.6 Å². The van der Waals surface area contributed by atoms with Crippen LogP contribution >= 0.6 is 0 Å². The molecule has 0 radical (unpaired) electrons. The number of nitrogens with one attached hydrogen (secondary N) is 1. The molecule has 0 spiro atoms. The summed E-state index contributed by atoms with van der Waals surface area (Å²) in [5.41, 5.74) is 0.824. The van der Waals surface area contributed by atoms with Crippen molar-refractivity contribution in [3.8, 4) is 5.75 Å². The Morgan fingerprint density at radius 1 is 1.13 bits per heavy atom. The zero-order valence-corrected chi connectivity index (χ0v) is 18.3. The summed E-state index contributed by atoms with van der Waals surface area (Å²) in [6.45, 7) is 1.17. The third kappa shape index (κ3) is 6.18. The first-order valence-corrected chi connectivity index (χ1v) is 11.6. The number of amides is 1. The molecular formula is C23H25NO6S. The predicted molar refractivity (Wildman–Crippen MR) is 118 cm³/mol. The van der Waals surface area contributed by atoms with Crippen molar-refractivity contribution in [2.24, 2.45) is 0 Å². The highest BCUT2D eigenvalue weighted by Crippen LogP contribution is 2.24. The van der Waals surface area contributed by atoms with Crippen molar-refractivity contribution in [3.63, 3.8) is 0 Å². The van der Waals surface area contributed by atoms with Crippen LogP contribution in [0.5, 0.6) is 5.75 Å². The lowest BCUT2D eigenvalue weighted by atomic mass is 10.0. The molecule has 2 aromatic rings. The first-order valence-electron chi connectivity index (χ1n) is 9.79. The Labute approximate surface area is 182 Å². The quantitative estimate of drug-likeness (QED) is 0.401. The van der Waals surface area contributed by atoms with E-state index in [9.17, 15) is 18.0 Å². The van der Waals surface area contributed by atoms with Crippen LogP contribution in [0.15, 0.2) is 54.6 Å². The van der Waals surface area contributed by atoms with Crippen LogP contribution < -0.4 is 10.1 Å². The van der Waals surface area contributed by atoms with Gasteiger partial charge in [0.25, 0.3) is 5.91 Å². The number of rotatable bonds is 7. The molecule has 2 aromatic carbocycles. The van der Waals surface area contributed by atoms with Crippen LogP contribution in [0.1, 0.15) is 24.5 Å². The largest absolute Gasteiger partial charge is 0.497 e. The van der Waals surface area contributed by atoms with Crippen molar-refractivity contribution < 1.29 is 27.5 Å². The Morgan fingerprint density at radius 2 is 1.87 bits per heavy atom. The maximum Gasteiger partial charge on any atom is 0.339 e. The van der Waals surface area contributed by atoms with Gasteiger partial charge in [0.1, 0.15) is 5.75 Å². The Hall–Kier alpha value is -3.13. The molecule has 1 aliphatic heterocycles. The van der Waals surface area contributed by atoms with E-state index in [-0.39, 0.29) is 17.1 Å². The Balaban J connectivity index is 1.73. The molecule has 1 atom stereocenters. The number of carbonyl (C=O) groups is 2. The van der Waals surface area contributed by atoms with E-state index in [1.54, 1.807) is 56.5 Å². The summed E-state index contributed by atoms with van der Waals surface area (Å²) >= 11 is 0. The second-order valence-corrected chi connectivity index (χ2v) is 9.91. The fourth-order valence-corrected chi connectivity index (χ4v) is 5.56. The molecule has 0 saturated carbocycles. The minimum atomic E-state index is -3.16. The van der Waals surface area contributed by atoms with E-state index in [2.05, 4.69) is 5.32 Å². The summed E-state index contributed by atoms with van der Waals surface area (Å²) in [6.07, 6.45) is 2.00. The van der Waals surface area contributed by atoms with Crippen LogP contribution in [0.3, 0.4) is 0 Å². The minimum absolute atomic E-state index is 0.0327. The van der Waals surface area contributed by atoms with Gasteiger partial charge >= 0.3 is 5.97 Å². The van der Waals surface area contributed by atoms with Crippen LogP contribution in [0, 0.1) is 0 Å². The summed E-state index contributed by atoms with van der Waals surface area (Å²) in [7, 11) is -1.60. The van der Waals surface area contributed by atoms with Crippen LogP contribution in [-0.4, -0.2) is 51.1 Å². The number of ether oxygens (including phenoxy) is 2. The zero-order valence-electron chi connectivity index (χ0n) is 17.5. The summed E-state index contributed by atoms with van der Waals surface area (Å²) < 4.78 is 33.9. The molecule has 1 unspecified atom stereocenters. The molecule has 8 heteroatoms. The highest BCUT2D eigenvalue weighted by Gasteiger charge is 2.39. The smallest absolute Gasteiger partial charge is 0.339 e.